The van der Waals surface area contributed by atoms with E-state index in [1.54, 1.807) is 18.2 Å². The Labute approximate surface area is 115 Å². The molecule has 2 aromatic rings. The van der Waals surface area contributed by atoms with Crippen molar-refractivity contribution in [2.45, 2.75) is 13.5 Å². The molecule has 0 fully saturated rings. The minimum atomic E-state index is -0.686. The SMILES string of the molecule is Cc1cc(N)cc(C(=O)NCc2ccc(F)cc2F)c1. The monoisotopic (exact) mass is 276 g/mol. The summed E-state index contributed by atoms with van der Waals surface area (Å²) in [5.74, 6) is -1.69. The Morgan fingerprint density at radius 2 is 1.95 bits per heavy atom. The molecule has 0 aliphatic carbocycles. The Bertz CT molecular complexity index is 636. The van der Waals surface area contributed by atoms with E-state index in [2.05, 4.69) is 5.32 Å². The Morgan fingerprint density at radius 1 is 1.20 bits per heavy atom. The van der Waals surface area contributed by atoms with E-state index >= 15 is 0 Å². The standard InChI is InChI=1S/C15H14F2N2O/c1-9-4-11(6-13(18)5-9)15(20)19-8-10-2-3-12(16)7-14(10)17/h2-7H,8,18H2,1H3,(H,19,20). The van der Waals surface area contributed by atoms with Crippen molar-refractivity contribution < 1.29 is 13.6 Å². The number of amides is 1. The van der Waals surface area contributed by atoms with Gasteiger partial charge in [0.2, 0.25) is 0 Å². The predicted octanol–water partition coefficient (Wildman–Crippen LogP) is 2.79. The van der Waals surface area contributed by atoms with Gasteiger partial charge in [0.25, 0.3) is 5.91 Å². The average molecular weight is 276 g/mol. The number of nitrogens with two attached hydrogens (primary N) is 1. The van der Waals surface area contributed by atoms with Crippen LogP contribution < -0.4 is 11.1 Å². The summed E-state index contributed by atoms with van der Waals surface area (Å²) in [6.07, 6.45) is 0. The number of nitrogens with one attached hydrogen (secondary N) is 1. The quantitative estimate of drug-likeness (QED) is 0.847. The molecule has 0 aliphatic heterocycles. The first-order valence-corrected chi connectivity index (χ1v) is 6.05. The number of carbonyl (C=O) groups is 1. The van der Waals surface area contributed by atoms with Gasteiger partial charge in [-0.25, -0.2) is 8.78 Å². The first-order chi connectivity index (χ1) is 9.45. The van der Waals surface area contributed by atoms with Crippen LogP contribution in [-0.2, 0) is 6.54 Å². The molecule has 3 N–H and O–H groups in total. The molecular formula is C15H14F2N2O. The third-order valence-electron chi connectivity index (χ3n) is 2.82. The van der Waals surface area contributed by atoms with Crippen molar-refractivity contribution in [3.63, 3.8) is 0 Å². The van der Waals surface area contributed by atoms with Crippen LogP contribution in [0.4, 0.5) is 14.5 Å². The summed E-state index contributed by atoms with van der Waals surface area (Å²) in [7, 11) is 0. The molecule has 20 heavy (non-hydrogen) atoms. The average Bonchev–Trinajstić information content (AvgIpc) is 2.36. The largest absolute Gasteiger partial charge is 0.399 e. The first kappa shape index (κ1) is 14.0. The van der Waals surface area contributed by atoms with Crippen LogP contribution in [0.15, 0.2) is 36.4 Å². The van der Waals surface area contributed by atoms with E-state index in [4.69, 9.17) is 5.73 Å². The maximum Gasteiger partial charge on any atom is 0.251 e. The lowest BCUT2D eigenvalue weighted by molar-refractivity contribution is 0.0950. The van der Waals surface area contributed by atoms with Crippen LogP contribution in [-0.4, -0.2) is 5.91 Å². The molecule has 2 aromatic carbocycles. The molecule has 0 bridgehead atoms. The topological polar surface area (TPSA) is 55.1 Å². The van der Waals surface area contributed by atoms with Crippen molar-refractivity contribution in [1.29, 1.82) is 0 Å². The van der Waals surface area contributed by atoms with Gasteiger partial charge in [-0.1, -0.05) is 6.07 Å². The van der Waals surface area contributed by atoms with Crippen molar-refractivity contribution >= 4 is 11.6 Å². The zero-order chi connectivity index (χ0) is 14.7. The summed E-state index contributed by atoms with van der Waals surface area (Å²) < 4.78 is 26.2. The molecule has 0 unspecified atom stereocenters. The number of hydrogen-bond acceptors (Lipinski definition) is 2. The van der Waals surface area contributed by atoms with E-state index in [0.29, 0.717) is 11.3 Å². The molecular weight excluding hydrogens is 262 g/mol. The van der Waals surface area contributed by atoms with Crippen LogP contribution in [0.1, 0.15) is 21.5 Å². The zero-order valence-electron chi connectivity index (χ0n) is 10.9. The zero-order valence-corrected chi connectivity index (χ0v) is 10.9. The smallest absolute Gasteiger partial charge is 0.251 e. The minimum Gasteiger partial charge on any atom is -0.399 e. The highest BCUT2D eigenvalue weighted by atomic mass is 19.1. The Balaban J connectivity index is 2.08. The molecule has 0 heterocycles. The van der Waals surface area contributed by atoms with Gasteiger partial charge in [0, 0.05) is 29.4 Å². The van der Waals surface area contributed by atoms with Gasteiger partial charge in [-0.3, -0.25) is 4.79 Å². The van der Waals surface area contributed by atoms with Crippen LogP contribution in [0.5, 0.6) is 0 Å². The van der Waals surface area contributed by atoms with Crippen LogP contribution in [0, 0.1) is 18.6 Å². The number of anilines is 1. The summed E-state index contributed by atoms with van der Waals surface area (Å²) in [5, 5.41) is 2.57. The summed E-state index contributed by atoms with van der Waals surface area (Å²) in [6, 6.07) is 8.21. The molecule has 0 aromatic heterocycles. The van der Waals surface area contributed by atoms with E-state index in [9.17, 15) is 13.6 Å². The van der Waals surface area contributed by atoms with Crippen molar-refractivity contribution in [3.05, 3.63) is 64.7 Å². The molecule has 0 spiro atoms. The van der Waals surface area contributed by atoms with Gasteiger partial charge < -0.3 is 11.1 Å². The minimum absolute atomic E-state index is 0.0151. The molecule has 3 nitrogen and oxygen atoms in total. The van der Waals surface area contributed by atoms with E-state index in [0.717, 1.165) is 17.7 Å². The van der Waals surface area contributed by atoms with Crippen LogP contribution >= 0.6 is 0 Å². The van der Waals surface area contributed by atoms with Gasteiger partial charge in [-0.05, 0) is 36.8 Å². The second-order valence-corrected chi connectivity index (χ2v) is 4.55. The summed E-state index contributed by atoms with van der Waals surface area (Å²) in [4.78, 5) is 11.9. The van der Waals surface area contributed by atoms with Gasteiger partial charge in [-0.15, -0.1) is 0 Å². The number of nitrogen functional groups attached to an aromatic ring is 1. The van der Waals surface area contributed by atoms with Gasteiger partial charge in [0.1, 0.15) is 11.6 Å². The lowest BCUT2D eigenvalue weighted by atomic mass is 10.1. The second-order valence-electron chi connectivity index (χ2n) is 4.55. The maximum atomic E-state index is 13.4. The number of aryl methyl sites for hydroxylation is 1. The molecule has 2 rings (SSSR count). The predicted molar refractivity (Wildman–Crippen MR) is 73.1 cm³/mol. The van der Waals surface area contributed by atoms with E-state index in [1.807, 2.05) is 6.92 Å². The molecule has 0 saturated carbocycles. The fourth-order valence-electron chi connectivity index (χ4n) is 1.89. The van der Waals surface area contributed by atoms with Crippen molar-refractivity contribution in [2.75, 3.05) is 5.73 Å². The van der Waals surface area contributed by atoms with Gasteiger partial charge in [-0.2, -0.15) is 0 Å². The summed E-state index contributed by atoms with van der Waals surface area (Å²) in [6.45, 7) is 1.81. The third kappa shape index (κ3) is 3.32. The van der Waals surface area contributed by atoms with E-state index in [-0.39, 0.29) is 18.0 Å². The first-order valence-electron chi connectivity index (χ1n) is 6.05. The van der Waals surface area contributed by atoms with Gasteiger partial charge in [0.05, 0.1) is 0 Å². The van der Waals surface area contributed by atoms with Gasteiger partial charge in [0.15, 0.2) is 0 Å². The van der Waals surface area contributed by atoms with Crippen molar-refractivity contribution in [1.82, 2.24) is 5.32 Å². The molecule has 104 valence electrons. The molecule has 0 atom stereocenters. The number of rotatable bonds is 3. The normalized spacial score (nSPS) is 10.3. The van der Waals surface area contributed by atoms with Crippen molar-refractivity contribution in [3.8, 4) is 0 Å². The molecule has 0 saturated heterocycles. The van der Waals surface area contributed by atoms with Crippen molar-refractivity contribution in [2.24, 2.45) is 0 Å². The third-order valence-corrected chi connectivity index (χ3v) is 2.82. The number of halogens is 2. The van der Waals surface area contributed by atoms with Gasteiger partial charge >= 0.3 is 0 Å². The Hall–Kier alpha value is -2.43. The molecule has 5 heteroatoms. The summed E-state index contributed by atoms with van der Waals surface area (Å²) in [5.41, 5.74) is 7.65. The lowest BCUT2D eigenvalue weighted by Gasteiger charge is -2.08. The van der Waals surface area contributed by atoms with E-state index < -0.39 is 11.6 Å². The number of carbonyl (C=O) groups excluding carboxylic acids is 1. The Morgan fingerprint density at radius 3 is 2.60 bits per heavy atom. The van der Waals surface area contributed by atoms with Crippen LogP contribution in [0.2, 0.25) is 0 Å². The lowest BCUT2D eigenvalue weighted by Crippen LogP contribution is -2.23. The fraction of sp³-hybridized carbons (Fsp3) is 0.133. The van der Waals surface area contributed by atoms with Crippen LogP contribution in [0.3, 0.4) is 0 Å². The highest BCUT2D eigenvalue weighted by Gasteiger charge is 2.09. The Kier molecular flexibility index (Phi) is 3.98. The van der Waals surface area contributed by atoms with Crippen LogP contribution in [0.25, 0.3) is 0 Å². The molecule has 0 radical (unpaired) electrons. The molecule has 1 amide bonds. The second kappa shape index (κ2) is 5.69. The maximum absolute atomic E-state index is 13.4. The highest BCUT2D eigenvalue weighted by molar-refractivity contribution is 5.95. The fourth-order valence-corrected chi connectivity index (χ4v) is 1.89. The number of hydrogen-bond donors (Lipinski definition) is 2. The molecule has 0 aliphatic rings. The summed E-state index contributed by atoms with van der Waals surface area (Å²) >= 11 is 0. The number of benzene rings is 2. The van der Waals surface area contributed by atoms with E-state index in [1.165, 1.54) is 6.07 Å². The highest BCUT2D eigenvalue weighted by Crippen LogP contribution is 2.12.